The number of aryl methyl sites for hydroxylation is 1. The van der Waals surface area contributed by atoms with E-state index in [1.54, 1.807) is 43.6 Å². The van der Waals surface area contributed by atoms with Crippen LogP contribution in [-0.2, 0) is 0 Å². The molecule has 1 aliphatic rings. The second-order valence-corrected chi connectivity index (χ2v) is 9.79. The zero-order valence-electron chi connectivity index (χ0n) is 22.5. The second kappa shape index (κ2) is 11.7. The molecule has 208 valence electrons. The lowest BCUT2D eigenvalue weighted by molar-refractivity contribution is 0.102. The highest BCUT2D eigenvalue weighted by atomic mass is 19.1. The average Bonchev–Trinajstić information content (AvgIpc) is 3.37. The number of benzene rings is 2. The molecular weight excluding hydrogens is 525 g/mol. The minimum atomic E-state index is -0.565. The summed E-state index contributed by atoms with van der Waals surface area (Å²) in [4.78, 5) is 28.1. The third-order valence-corrected chi connectivity index (χ3v) is 7.00. The van der Waals surface area contributed by atoms with E-state index >= 15 is 0 Å². The predicted molar refractivity (Wildman–Crippen MR) is 152 cm³/mol. The Morgan fingerprint density at radius 3 is 2.85 bits per heavy atom. The van der Waals surface area contributed by atoms with Crippen LogP contribution in [0.15, 0.2) is 61.1 Å². The standard InChI is InChI=1S/C30H28FN7O3/c1-17-9-23(31)28(27(10-17)41-2)29-35-8-6-25(36-29)30(40)37-24-4-3-18(22-14-34-7-5-19(22)13-32)11-26(24)38-15-20(33)12-21(38)16-39/h3-11,14,20-21,39H,12,15-16,33H2,1-2H3,(H,37,40)/t20-,21-/m0/s1. The van der Waals surface area contributed by atoms with Crippen molar-refractivity contribution in [3.05, 3.63) is 83.7 Å². The number of nitrogens with one attached hydrogen (secondary N) is 1. The van der Waals surface area contributed by atoms with Crippen LogP contribution in [0.1, 0.15) is 28.0 Å². The van der Waals surface area contributed by atoms with E-state index in [9.17, 15) is 19.6 Å². The Bertz CT molecular complexity index is 1660. The van der Waals surface area contributed by atoms with Gasteiger partial charge in [-0.1, -0.05) is 6.07 Å². The van der Waals surface area contributed by atoms with Gasteiger partial charge in [0.05, 0.1) is 48.3 Å². The first kappa shape index (κ1) is 27.6. The Balaban J connectivity index is 1.53. The van der Waals surface area contributed by atoms with E-state index in [0.717, 1.165) is 0 Å². The Morgan fingerprint density at radius 1 is 1.27 bits per heavy atom. The maximum Gasteiger partial charge on any atom is 0.274 e. The fourth-order valence-corrected chi connectivity index (χ4v) is 5.07. The molecule has 0 aliphatic carbocycles. The van der Waals surface area contributed by atoms with Gasteiger partial charge in [-0.3, -0.25) is 9.78 Å². The number of carbonyl (C=O) groups excluding carboxylic acids is 1. The Kier molecular flexibility index (Phi) is 7.87. The van der Waals surface area contributed by atoms with Crippen LogP contribution in [0.3, 0.4) is 0 Å². The molecule has 0 bridgehead atoms. The Labute approximate surface area is 236 Å². The minimum absolute atomic E-state index is 0.00837. The molecule has 41 heavy (non-hydrogen) atoms. The van der Waals surface area contributed by atoms with Crippen LogP contribution in [0.2, 0.25) is 0 Å². The van der Waals surface area contributed by atoms with Gasteiger partial charge in [-0.05, 0) is 60.9 Å². The number of anilines is 2. The molecule has 0 unspecified atom stereocenters. The minimum Gasteiger partial charge on any atom is -0.496 e. The molecule has 1 fully saturated rings. The monoisotopic (exact) mass is 553 g/mol. The van der Waals surface area contributed by atoms with Crippen molar-refractivity contribution in [1.29, 1.82) is 5.26 Å². The van der Waals surface area contributed by atoms with Gasteiger partial charge in [-0.15, -0.1) is 0 Å². The molecular formula is C30H28FN7O3. The summed E-state index contributed by atoms with van der Waals surface area (Å²) in [5.41, 5.74) is 9.84. The molecule has 0 radical (unpaired) electrons. The summed E-state index contributed by atoms with van der Waals surface area (Å²) >= 11 is 0. The number of pyridine rings is 1. The first-order valence-corrected chi connectivity index (χ1v) is 12.9. The molecule has 5 rings (SSSR count). The van der Waals surface area contributed by atoms with Gasteiger partial charge in [-0.25, -0.2) is 14.4 Å². The number of aromatic nitrogens is 3. The van der Waals surface area contributed by atoms with Crippen molar-refractivity contribution in [2.75, 3.05) is 30.5 Å². The highest BCUT2D eigenvalue weighted by Crippen LogP contribution is 2.37. The molecule has 1 aliphatic heterocycles. The number of carbonyl (C=O) groups is 1. The zero-order valence-corrected chi connectivity index (χ0v) is 22.5. The summed E-state index contributed by atoms with van der Waals surface area (Å²) in [6, 6.07) is 13.2. The van der Waals surface area contributed by atoms with E-state index in [1.165, 1.54) is 25.4 Å². The molecule has 2 aromatic heterocycles. The van der Waals surface area contributed by atoms with Crippen LogP contribution in [0.4, 0.5) is 15.8 Å². The third-order valence-electron chi connectivity index (χ3n) is 7.00. The second-order valence-electron chi connectivity index (χ2n) is 9.79. The maximum atomic E-state index is 14.9. The molecule has 1 saturated heterocycles. The van der Waals surface area contributed by atoms with E-state index < -0.39 is 11.7 Å². The summed E-state index contributed by atoms with van der Waals surface area (Å²) in [5, 5.41) is 22.6. The van der Waals surface area contributed by atoms with Crippen LogP contribution in [0, 0.1) is 24.1 Å². The summed E-state index contributed by atoms with van der Waals surface area (Å²) < 4.78 is 20.2. The Hall–Kier alpha value is -4.92. The van der Waals surface area contributed by atoms with Gasteiger partial charge in [0, 0.05) is 36.7 Å². The number of halogens is 1. The quantitative estimate of drug-likeness (QED) is 0.311. The SMILES string of the molecule is COc1cc(C)cc(F)c1-c1nccc(C(=O)Nc2ccc(-c3cnccc3C#N)cc2N2C[C@@H](N)C[C@H]2CO)n1. The number of hydrogen-bond acceptors (Lipinski definition) is 9. The lowest BCUT2D eigenvalue weighted by Crippen LogP contribution is -2.33. The molecule has 10 nitrogen and oxygen atoms in total. The van der Waals surface area contributed by atoms with Gasteiger partial charge in [0.15, 0.2) is 5.82 Å². The van der Waals surface area contributed by atoms with Gasteiger partial charge < -0.3 is 25.8 Å². The number of amides is 1. The van der Waals surface area contributed by atoms with Gasteiger partial charge in [0.1, 0.15) is 17.3 Å². The summed E-state index contributed by atoms with van der Waals surface area (Å²) in [6.45, 7) is 2.08. The van der Waals surface area contributed by atoms with Crippen LogP contribution < -0.4 is 20.7 Å². The van der Waals surface area contributed by atoms with Gasteiger partial charge in [0.25, 0.3) is 5.91 Å². The molecule has 2 atom stereocenters. The van der Waals surface area contributed by atoms with Crippen molar-refractivity contribution in [3.8, 4) is 34.3 Å². The molecule has 2 aromatic carbocycles. The number of ether oxygens (including phenoxy) is 1. The normalized spacial score (nSPS) is 16.3. The Morgan fingerprint density at radius 2 is 2.10 bits per heavy atom. The van der Waals surface area contributed by atoms with E-state index in [0.29, 0.717) is 46.6 Å². The fourth-order valence-electron chi connectivity index (χ4n) is 5.07. The van der Waals surface area contributed by atoms with Crippen LogP contribution in [0.25, 0.3) is 22.5 Å². The van der Waals surface area contributed by atoms with E-state index in [1.807, 2.05) is 11.0 Å². The third kappa shape index (κ3) is 5.56. The average molecular weight is 554 g/mol. The number of nitrogens with zero attached hydrogens (tertiary/aromatic N) is 5. The van der Waals surface area contributed by atoms with Crippen LogP contribution >= 0.6 is 0 Å². The molecule has 0 spiro atoms. The maximum absolute atomic E-state index is 14.9. The van der Waals surface area contributed by atoms with Crippen molar-refractivity contribution >= 4 is 17.3 Å². The van der Waals surface area contributed by atoms with Crippen LogP contribution in [0.5, 0.6) is 5.75 Å². The molecule has 3 heterocycles. The van der Waals surface area contributed by atoms with Crippen molar-refractivity contribution in [2.45, 2.75) is 25.4 Å². The molecule has 1 amide bonds. The van der Waals surface area contributed by atoms with E-state index in [4.69, 9.17) is 10.5 Å². The number of aliphatic hydroxyl groups excluding tert-OH is 1. The lowest BCUT2D eigenvalue weighted by atomic mass is 10.0. The zero-order chi connectivity index (χ0) is 29.1. The molecule has 4 aromatic rings. The number of hydrogen-bond donors (Lipinski definition) is 3. The van der Waals surface area contributed by atoms with E-state index in [-0.39, 0.29) is 41.5 Å². The summed E-state index contributed by atoms with van der Waals surface area (Å²) in [6.07, 6.45) is 5.11. The molecule has 11 heteroatoms. The topological polar surface area (TPSA) is 150 Å². The first-order valence-electron chi connectivity index (χ1n) is 12.9. The van der Waals surface area contributed by atoms with Crippen molar-refractivity contribution in [1.82, 2.24) is 15.0 Å². The highest BCUT2D eigenvalue weighted by molar-refractivity contribution is 6.05. The van der Waals surface area contributed by atoms with Crippen molar-refractivity contribution < 1.29 is 19.0 Å². The lowest BCUT2D eigenvalue weighted by Gasteiger charge is -2.28. The van der Waals surface area contributed by atoms with E-state index in [2.05, 4.69) is 26.3 Å². The molecule has 0 saturated carbocycles. The molecule has 4 N–H and O–H groups in total. The number of aliphatic hydroxyl groups is 1. The number of nitrogens with two attached hydrogens (primary N) is 1. The number of nitriles is 1. The highest BCUT2D eigenvalue weighted by Gasteiger charge is 2.32. The van der Waals surface area contributed by atoms with Gasteiger partial charge in [-0.2, -0.15) is 5.26 Å². The number of rotatable bonds is 7. The largest absolute Gasteiger partial charge is 0.496 e. The number of methoxy groups -OCH3 is 1. The summed E-state index contributed by atoms with van der Waals surface area (Å²) in [7, 11) is 1.43. The van der Waals surface area contributed by atoms with Crippen molar-refractivity contribution in [3.63, 3.8) is 0 Å². The first-order chi connectivity index (χ1) is 19.8. The predicted octanol–water partition coefficient (Wildman–Crippen LogP) is 3.68. The van der Waals surface area contributed by atoms with Gasteiger partial charge >= 0.3 is 0 Å². The van der Waals surface area contributed by atoms with Crippen molar-refractivity contribution in [2.24, 2.45) is 5.73 Å². The fraction of sp³-hybridized carbons (Fsp3) is 0.233. The van der Waals surface area contributed by atoms with Crippen LogP contribution in [-0.4, -0.2) is 58.3 Å². The summed E-state index contributed by atoms with van der Waals surface area (Å²) in [5.74, 6) is -0.846. The smallest absolute Gasteiger partial charge is 0.274 e. The van der Waals surface area contributed by atoms with Gasteiger partial charge in [0.2, 0.25) is 0 Å².